The summed E-state index contributed by atoms with van der Waals surface area (Å²) in [5.74, 6) is 5.93. The third kappa shape index (κ3) is 4.46. The molecule has 4 rings (SSSR count). The molecule has 0 bridgehead atoms. The molecule has 1 saturated carbocycles. The zero-order chi connectivity index (χ0) is 24.7. The lowest BCUT2D eigenvalue weighted by Gasteiger charge is -2.27. The van der Waals surface area contributed by atoms with Crippen LogP contribution in [0.5, 0.6) is 0 Å². The molecule has 10 heteroatoms. The lowest BCUT2D eigenvalue weighted by Crippen LogP contribution is -2.50. The summed E-state index contributed by atoms with van der Waals surface area (Å²) in [5, 5.41) is 18.2. The summed E-state index contributed by atoms with van der Waals surface area (Å²) in [6.07, 6.45) is 3.43. The minimum absolute atomic E-state index is 0.0308. The van der Waals surface area contributed by atoms with Gasteiger partial charge < -0.3 is 10.0 Å². The molecular formula is C24H27N3O6S. The van der Waals surface area contributed by atoms with Crippen LogP contribution in [0.15, 0.2) is 36.5 Å². The number of aliphatic hydroxyl groups is 1. The molecule has 34 heavy (non-hydrogen) atoms. The van der Waals surface area contributed by atoms with Crippen LogP contribution < -0.4 is 5.48 Å². The van der Waals surface area contributed by atoms with Crippen LogP contribution in [-0.2, 0) is 21.2 Å². The quantitative estimate of drug-likeness (QED) is 0.309. The molecule has 3 N–H and O–H groups in total. The lowest BCUT2D eigenvalue weighted by atomic mass is 10.1. The van der Waals surface area contributed by atoms with E-state index in [1.807, 2.05) is 30.3 Å². The Hall–Kier alpha value is -3.13. The summed E-state index contributed by atoms with van der Waals surface area (Å²) in [6.45, 7) is 1.74. The van der Waals surface area contributed by atoms with Gasteiger partial charge in [-0.25, -0.2) is 18.7 Å². The number of amides is 2. The van der Waals surface area contributed by atoms with Crippen molar-refractivity contribution in [2.75, 3.05) is 19.4 Å². The maximum atomic E-state index is 12.8. The van der Waals surface area contributed by atoms with Gasteiger partial charge in [0.1, 0.15) is 0 Å². The second-order valence-electron chi connectivity index (χ2n) is 9.15. The molecule has 3 atom stereocenters. The Morgan fingerprint density at radius 3 is 2.47 bits per heavy atom. The summed E-state index contributed by atoms with van der Waals surface area (Å²) >= 11 is 0. The van der Waals surface area contributed by atoms with E-state index >= 15 is 0 Å². The molecule has 0 spiro atoms. The molecule has 1 aliphatic carbocycles. The Morgan fingerprint density at radius 1 is 1.24 bits per heavy atom. The number of nitrogens with zero attached hydrogens (tertiary/aromatic N) is 2. The van der Waals surface area contributed by atoms with Gasteiger partial charge in [0.15, 0.2) is 14.6 Å². The largest absolute Gasteiger partial charge is 0.396 e. The molecule has 0 radical (unpaired) electrons. The number of nitrogens with one attached hydrogen (secondary N) is 1. The van der Waals surface area contributed by atoms with Crippen molar-refractivity contribution in [1.29, 1.82) is 0 Å². The van der Waals surface area contributed by atoms with Gasteiger partial charge in [0, 0.05) is 42.4 Å². The molecule has 2 heterocycles. The first-order valence-electron chi connectivity index (χ1n) is 10.9. The van der Waals surface area contributed by atoms with Crippen LogP contribution in [0.25, 0.3) is 0 Å². The van der Waals surface area contributed by atoms with Gasteiger partial charge >= 0.3 is 6.03 Å². The van der Waals surface area contributed by atoms with Gasteiger partial charge in [-0.2, -0.15) is 0 Å². The number of aliphatic hydroxyl groups excluding tert-OH is 1. The van der Waals surface area contributed by atoms with Crippen LogP contribution in [0.2, 0.25) is 0 Å². The van der Waals surface area contributed by atoms with E-state index < -0.39 is 20.5 Å². The monoisotopic (exact) mass is 485 g/mol. The number of sulfone groups is 1. The fourth-order valence-electron chi connectivity index (χ4n) is 4.22. The van der Waals surface area contributed by atoms with Crippen molar-refractivity contribution in [3.63, 3.8) is 0 Å². The highest BCUT2D eigenvalue weighted by Crippen LogP contribution is 2.46. The minimum Gasteiger partial charge on any atom is -0.396 e. The summed E-state index contributed by atoms with van der Waals surface area (Å²) in [6, 6.07) is 9.46. The van der Waals surface area contributed by atoms with Crippen LogP contribution in [0, 0.1) is 17.8 Å². The Kier molecular flexibility index (Phi) is 6.29. The number of fused-ring (bicyclic) bond motifs is 1. The van der Waals surface area contributed by atoms with Gasteiger partial charge in [0.05, 0.1) is 6.54 Å². The zero-order valence-corrected chi connectivity index (χ0v) is 19.8. The van der Waals surface area contributed by atoms with Gasteiger partial charge in [-0.15, -0.1) is 0 Å². The van der Waals surface area contributed by atoms with Gasteiger partial charge in [-0.05, 0) is 55.4 Å². The number of hydrogen-bond donors (Lipinski definition) is 3. The van der Waals surface area contributed by atoms with Crippen LogP contribution in [0.1, 0.15) is 48.1 Å². The second-order valence-corrected chi connectivity index (χ2v) is 11.6. The lowest BCUT2D eigenvalue weighted by molar-refractivity contribution is -0.131. The fraction of sp³-hybridized carbons (Fsp3) is 0.417. The number of carbonyl (C=O) groups excluding carboxylic acids is 2. The van der Waals surface area contributed by atoms with Gasteiger partial charge in [-0.1, -0.05) is 24.0 Å². The number of carbonyl (C=O) groups is 2. The van der Waals surface area contributed by atoms with Crippen molar-refractivity contribution in [2.24, 2.45) is 5.92 Å². The van der Waals surface area contributed by atoms with Crippen molar-refractivity contribution in [2.45, 2.75) is 37.0 Å². The summed E-state index contributed by atoms with van der Waals surface area (Å²) in [4.78, 5) is 26.2. The van der Waals surface area contributed by atoms with Gasteiger partial charge in [-0.3, -0.25) is 14.6 Å². The van der Waals surface area contributed by atoms with Crippen LogP contribution in [-0.4, -0.2) is 64.3 Å². The van der Waals surface area contributed by atoms with Crippen molar-refractivity contribution in [3.8, 4) is 11.8 Å². The molecule has 2 aliphatic rings. The Labute approximate surface area is 198 Å². The Balaban J connectivity index is 1.40. The molecule has 9 nitrogen and oxygen atoms in total. The third-order valence-corrected chi connectivity index (χ3v) is 8.86. The maximum Gasteiger partial charge on any atom is 0.328 e. The molecule has 1 fully saturated rings. The predicted molar refractivity (Wildman–Crippen MR) is 124 cm³/mol. The van der Waals surface area contributed by atoms with E-state index in [1.165, 1.54) is 27.4 Å². The molecular weight excluding hydrogens is 458 g/mol. The van der Waals surface area contributed by atoms with E-state index in [0.717, 1.165) is 23.9 Å². The summed E-state index contributed by atoms with van der Waals surface area (Å²) in [7, 11) is -3.83. The van der Waals surface area contributed by atoms with E-state index in [9.17, 15) is 23.1 Å². The molecule has 2 amide bonds. The normalized spacial score (nSPS) is 20.8. The molecule has 2 aromatic rings. The molecule has 1 aromatic carbocycles. The second kappa shape index (κ2) is 8.91. The molecule has 1 aliphatic heterocycles. The highest BCUT2D eigenvalue weighted by Gasteiger charge is 2.44. The van der Waals surface area contributed by atoms with Crippen molar-refractivity contribution in [3.05, 3.63) is 58.9 Å². The molecule has 1 unspecified atom stereocenters. The van der Waals surface area contributed by atoms with Crippen LogP contribution in [0.3, 0.4) is 0 Å². The highest BCUT2D eigenvalue weighted by molar-refractivity contribution is 7.92. The number of rotatable bonds is 7. The van der Waals surface area contributed by atoms with E-state index in [0.29, 0.717) is 17.4 Å². The van der Waals surface area contributed by atoms with Crippen molar-refractivity contribution >= 4 is 21.8 Å². The number of hydrogen-bond acceptors (Lipinski definition) is 6. The first-order valence-corrected chi connectivity index (χ1v) is 12.8. The topological polar surface area (TPSA) is 129 Å². The number of benzene rings is 1. The van der Waals surface area contributed by atoms with Gasteiger partial charge in [0.2, 0.25) is 0 Å². The van der Waals surface area contributed by atoms with Crippen molar-refractivity contribution < 1.29 is 28.3 Å². The number of aromatic nitrogens is 1. The van der Waals surface area contributed by atoms with E-state index in [4.69, 9.17) is 5.21 Å². The third-order valence-electron chi connectivity index (χ3n) is 6.84. The van der Waals surface area contributed by atoms with Gasteiger partial charge in [0.25, 0.3) is 5.91 Å². The van der Waals surface area contributed by atoms with E-state index in [-0.39, 0.29) is 32.1 Å². The zero-order valence-electron chi connectivity index (χ0n) is 19.0. The SMILES string of the molecule is CC(CCN1Cc2cc(C#Cc3ccc([C@@H]4C[C@H]4CO)cc3)cn2C1=O)(C(=O)NO)S(C)(=O)=O. The van der Waals surface area contributed by atoms with Crippen LogP contribution >= 0.6 is 0 Å². The smallest absolute Gasteiger partial charge is 0.328 e. The molecule has 1 aromatic heterocycles. The van der Waals surface area contributed by atoms with E-state index in [1.54, 1.807) is 6.20 Å². The summed E-state index contributed by atoms with van der Waals surface area (Å²) in [5.41, 5.74) is 4.89. The highest BCUT2D eigenvalue weighted by atomic mass is 32.2. The Bertz CT molecular complexity index is 1290. The maximum absolute atomic E-state index is 12.8. The predicted octanol–water partition coefficient (Wildman–Crippen LogP) is 1.47. The fourth-order valence-corrected chi connectivity index (χ4v) is 5.06. The Morgan fingerprint density at radius 2 is 1.91 bits per heavy atom. The van der Waals surface area contributed by atoms with E-state index in [2.05, 4.69) is 11.8 Å². The molecule has 0 saturated heterocycles. The molecule has 180 valence electrons. The van der Waals surface area contributed by atoms with Crippen LogP contribution in [0.4, 0.5) is 4.79 Å². The standard InChI is InChI=1S/C24H27N3O6S/c1-24(22(29)25-31,34(2,32)33)9-10-26-14-20-11-17(13-27(20)23(26)30)4-3-16-5-7-18(8-6-16)21-12-19(21)15-28/h5-8,11,13,19,21,28,31H,9-10,12,14-15H2,1-2H3,(H,25,29)/t19-,21-,24?/m0/s1. The number of hydroxylamine groups is 1. The minimum atomic E-state index is -3.83. The summed E-state index contributed by atoms with van der Waals surface area (Å²) < 4.78 is 23.9. The average Bonchev–Trinajstić information content (AvgIpc) is 3.41. The first kappa shape index (κ1) is 24.0. The average molecular weight is 486 g/mol. The van der Waals surface area contributed by atoms with Crippen molar-refractivity contribution in [1.82, 2.24) is 14.9 Å². The first-order chi connectivity index (χ1) is 16.1.